The third-order valence-electron chi connectivity index (χ3n) is 6.46. The molecule has 8 nitrogen and oxygen atoms in total. The zero-order valence-electron chi connectivity index (χ0n) is 18.8. The van der Waals surface area contributed by atoms with E-state index in [1.807, 2.05) is 11.5 Å². The molecule has 0 bridgehead atoms. The van der Waals surface area contributed by atoms with E-state index in [-0.39, 0.29) is 24.2 Å². The molecule has 2 aliphatic heterocycles. The number of nitrogens with zero attached hydrogens (tertiary/aromatic N) is 4. The summed E-state index contributed by atoms with van der Waals surface area (Å²) in [6.45, 7) is 6.13. The third-order valence-corrected chi connectivity index (χ3v) is 6.74. The van der Waals surface area contributed by atoms with E-state index in [0.717, 1.165) is 12.0 Å². The van der Waals surface area contributed by atoms with Crippen LogP contribution in [0.25, 0.3) is 22.3 Å². The molecule has 3 aromatic rings. The van der Waals surface area contributed by atoms with Crippen LogP contribution in [0.3, 0.4) is 0 Å². The zero-order valence-corrected chi connectivity index (χ0v) is 19.5. The van der Waals surface area contributed by atoms with Crippen molar-refractivity contribution in [2.45, 2.75) is 63.8 Å². The van der Waals surface area contributed by atoms with Crippen LogP contribution >= 0.6 is 11.6 Å². The summed E-state index contributed by atoms with van der Waals surface area (Å²) >= 11 is 6.49. The summed E-state index contributed by atoms with van der Waals surface area (Å²) in [5, 5.41) is 24.3. The van der Waals surface area contributed by atoms with E-state index in [4.69, 9.17) is 16.3 Å². The van der Waals surface area contributed by atoms with E-state index >= 15 is 4.39 Å². The number of aliphatic hydroxyl groups is 2. The number of halogens is 2. The van der Waals surface area contributed by atoms with E-state index < -0.39 is 17.5 Å². The van der Waals surface area contributed by atoms with Crippen LogP contribution < -0.4 is 5.32 Å². The SMILES string of the molecule is C[C@@H]1CCc2c(-c3nc(N[C@@H]4CCOC[C@H]4O)ncc3Cl)cc(F)c3nc(C(C)(C)O)n1c23. The molecule has 0 radical (unpaired) electrons. The smallest absolute Gasteiger partial charge is 0.223 e. The molecule has 3 atom stereocenters. The van der Waals surface area contributed by atoms with E-state index in [1.54, 1.807) is 13.8 Å². The number of hydrogen-bond donors (Lipinski definition) is 3. The van der Waals surface area contributed by atoms with Gasteiger partial charge in [-0.05, 0) is 51.7 Å². The number of ether oxygens (including phenoxy) is 1. The molecule has 0 unspecified atom stereocenters. The average molecular weight is 476 g/mol. The van der Waals surface area contributed by atoms with Crippen LogP contribution in [0.15, 0.2) is 12.3 Å². The normalized spacial score (nSPS) is 23.2. The highest BCUT2D eigenvalue weighted by Crippen LogP contribution is 2.42. The predicted octanol–water partition coefficient (Wildman–Crippen LogP) is 3.58. The summed E-state index contributed by atoms with van der Waals surface area (Å²) in [7, 11) is 0. The number of anilines is 1. The van der Waals surface area contributed by atoms with Gasteiger partial charge < -0.3 is 24.8 Å². The Balaban J connectivity index is 1.65. The standard InChI is InChI=1S/C23H27ClFN5O3/c1-11-4-5-12-13(8-15(25)19-20(12)30(11)21(28-19)23(2,3)32)18-14(24)9-26-22(29-18)27-16-6-7-33-10-17(16)31/h8-9,11,16-17,31-32H,4-7,10H2,1-3H3,(H,26,27,29)/t11-,16-,17-/m1/s1. The zero-order chi connectivity index (χ0) is 23.5. The summed E-state index contributed by atoms with van der Waals surface area (Å²) in [5.74, 6) is 0.251. The van der Waals surface area contributed by atoms with Gasteiger partial charge in [0.15, 0.2) is 5.82 Å². The van der Waals surface area contributed by atoms with Crippen LogP contribution in [0.4, 0.5) is 10.3 Å². The number of rotatable bonds is 4. The van der Waals surface area contributed by atoms with Crippen molar-refractivity contribution in [2.24, 2.45) is 0 Å². The Labute approximate surface area is 195 Å². The molecule has 0 saturated carbocycles. The quantitative estimate of drug-likeness (QED) is 0.529. The highest BCUT2D eigenvalue weighted by molar-refractivity contribution is 6.33. The Kier molecular flexibility index (Phi) is 5.55. The van der Waals surface area contributed by atoms with Crippen LogP contribution in [0.2, 0.25) is 5.02 Å². The fourth-order valence-corrected chi connectivity index (χ4v) is 4.98. The van der Waals surface area contributed by atoms with Gasteiger partial charge in [-0.1, -0.05) is 11.6 Å². The van der Waals surface area contributed by atoms with Crippen molar-refractivity contribution < 1.29 is 19.3 Å². The first-order chi connectivity index (χ1) is 15.6. The molecule has 10 heteroatoms. The van der Waals surface area contributed by atoms with Gasteiger partial charge in [-0.2, -0.15) is 0 Å². The molecule has 1 saturated heterocycles. The van der Waals surface area contributed by atoms with E-state index in [9.17, 15) is 10.2 Å². The monoisotopic (exact) mass is 475 g/mol. The van der Waals surface area contributed by atoms with E-state index in [1.165, 1.54) is 12.3 Å². The fraction of sp³-hybridized carbons (Fsp3) is 0.522. The first-order valence-electron chi connectivity index (χ1n) is 11.2. The highest BCUT2D eigenvalue weighted by Gasteiger charge is 2.33. The number of aryl methyl sites for hydroxylation is 1. The molecule has 2 aliphatic rings. The van der Waals surface area contributed by atoms with Crippen molar-refractivity contribution in [3.05, 3.63) is 34.5 Å². The molecule has 5 rings (SSSR count). The van der Waals surface area contributed by atoms with Gasteiger partial charge in [0.25, 0.3) is 0 Å². The molecule has 4 heterocycles. The predicted molar refractivity (Wildman–Crippen MR) is 123 cm³/mol. The van der Waals surface area contributed by atoms with Crippen LogP contribution in [0, 0.1) is 5.82 Å². The second-order valence-corrected chi connectivity index (χ2v) is 9.81. The average Bonchev–Trinajstić information content (AvgIpc) is 3.18. The molecule has 0 spiro atoms. The first-order valence-corrected chi connectivity index (χ1v) is 11.5. The summed E-state index contributed by atoms with van der Waals surface area (Å²) < 4.78 is 22.5. The van der Waals surface area contributed by atoms with Crippen LogP contribution in [-0.4, -0.2) is 55.1 Å². The Bertz CT molecular complexity index is 1230. The van der Waals surface area contributed by atoms with Crippen molar-refractivity contribution in [2.75, 3.05) is 18.5 Å². The van der Waals surface area contributed by atoms with Crippen molar-refractivity contribution in [1.82, 2.24) is 19.5 Å². The van der Waals surface area contributed by atoms with Gasteiger partial charge in [-0.25, -0.2) is 19.3 Å². The lowest BCUT2D eigenvalue weighted by molar-refractivity contribution is -0.0136. The third kappa shape index (κ3) is 3.86. The van der Waals surface area contributed by atoms with Crippen molar-refractivity contribution in [3.8, 4) is 11.3 Å². The lowest BCUT2D eigenvalue weighted by atomic mass is 9.93. The molecule has 2 aromatic heterocycles. The molecule has 3 N–H and O–H groups in total. The van der Waals surface area contributed by atoms with Gasteiger partial charge in [-0.3, -0.25) is 0 Å². The summed E-state index contributed by atoms with van der Waals surface area (Å²) in [6.07, 6.45) is 2.93. The lowest BCUT2D eigenvalue weighted by Gasteiger charge is -2.29. The largest absolute Gasteiger partial charge is 0.389 e. The lowest BCUT2D eigenvalue weighted by Crippen LogP contribution is -2.42. The molecular formula is C23H27ClFN5O3. The van der Waals surface area contributed by atoms with Crippen LogP contribution in [-0.2, 0) is 16.8 Å². The molecule has 0 amide bonds. The molecule has 0 aliphatic carbocycles. The Morgan fingerprint density at radius 1 is 1.30 bits per heavy atom. The fourth-order valence-electron chi connectivity index (χ4n) is 4.79. The van der Waals surface area contributed by atoms with Crippen LogP contribution in [0.5, 0.6) is 0 Å². The second-order valence-electron chi connectivity index (χ2n) is 9.41. The van der Waals surface area contributed by atoms with Gasteiger partial charge in [0.1, 0.15) is 16.9 Å². The molecule has 1 fully saturated rings. The minimum absolute atomic E-state index is 0.0617. The first kappa shape index (κ1) is 22.5. The van der Waals surface area contributed by atoms with Crippen molar-refractivity contribution >= 4 is 28.6 Å². The Morgan fingerprint density at radius 3 is 2.82 bits per heavy atom. The number of aromatic nitrogens is 4. The van der Waals surface area contributed by atoms with Crippen LogP contribution in [0.1, 0.15) is 51.0 Å². The Hall–Kier alpha value is -2.33. The van der Waals surface area contributed by atoms with Crippen molar-refractivity contribution in [3.63, 3.8) is 0 Å². The van der Waals surface area contributed by atoms with E-state index in [2.05, 4.69) is 20.3 Å². The highest BCUT2D eigenvalue weighted by atomic mass is 35.5. The molecular weight excluding hydrogens is 449 g/mol. The topological polar surface area (TPSA) is 105 Å². The minimum atomic E-state index is -1.22. The maximum Gasteiger partial charge on any atom is 0.223 e. The van der Waals surface area contributed by atoms with Gasteiger partial charge in [0, 0.05) is 18.2 Å². The van der Waals surface area contributed by atoms with Crippen molar-refractivity contribution in [1.29, 1.82) is 0 Å². The van der Waals surface area contributed by atoms with Gasteiger partial charge >= 0.3 is 0 Å². The van der Waals surface area contributed by atoms with Gasteiger partial charge in [0.2, 0.25) is 5.95 Å². The number of aliphatic hydroxyl groups excluding tert-OH is 1. The number of hydrogen-bond acceptors (Lipinski definition) is 7. The van der Waals surface area contributed by atoms with E-state index in [0.29, 0.717) is 53.0 Å². The molecule has 176 valence electrons. The number of imidazole rings is 1. The maximum atomic E-state index is 15.3. The molecule has 33 heavy (non-hydrogen) atoms. The summed E-state index contributed by atoms with van der Waals surface area (Å²) in [5.41, 5.74) is 1.58. The van der Waals surface area contributed by atoms with Gasteiger partial charge in [0.05, 0.1) is 41.2 Å². The minimum Gasteiger partial charge on any atom is -0.389 e. The number of benzene rings is 1. The Morgan fingerprint density at radius 2 is 2.09 bits per heavy atom. The van der Waals surface area contributed by atoms with Gasteiger partial charge in [-0.15, -0.1) is 0 Å². The number of nitrogens with one attached hydrogen (secondary N) is 1. The maximum absolute atomic E-state index is 15.3. The summed E-state index contributed by atoms with van der Waals surface area (Å²) in [4.78, 5) is 13.4. The summed E-state index contributed by atoms with van der Waals surface area (Å²) in [6, 6.07) is 1.23. The second kappa shape index (κ2) is 8.16. The molecule has 1 aromatic carbocycles.